The zero-order chi connectivity index (χ0) is 14.3. The fourth-order valence-electron chi connectivity index (χ4n) is 3.74. The molecule has 108 valence electrons. The zero-order valence-electron chi connectivity index (χ0n) is 12.4. The van der Waals surface area contributed by atoms with Crippen LogP contribution in [0.2, 0.25) is 0 Å². The van der Waals surface area contributed by atoms with E-state index in [1.54, 1.807) is 0 Å². The second-order valence-corrected chi connectivity index (χ2v) is 8.45. The van der Waals surface area contributed by atoms with E-state index in [-0.39, 0.29) is 28.6 Å². The lowest BCUT2D eigenvalue weighted by molar-refractivity contribution is -0.145. The van der Waals surface area contributed by atoms with E-state index >= 15 is 0 Å². The highest BCUT2D eigenvalue weighted by molar-refractivity contribution is 7.99. The van der Waals surface area contributed by atoms with E-state index in [2.05, 4.69) is 33.0 Å². The molecule has 2 unspecified atom stereocenters. The Morgan fingerprint density at radius 1 is 1.32 bits per heavy atom. The number of carbonyl (C=O) groups excluding carboxylic acids is 2. The van der Waals surface area contributed by atoms with Crippen molar-refractivity contribution in [3.8, 4) is 0 Å². The van der Waals surface area contributed by atoms with Crippen LogP contribution in [0.25, 0.3) is 0 Å². The van der Waals surface area contributed by atoms with Gasteiger partial charge in [-0.2, -0.15) is 11.8 Å². The molecule has 3 nitrogen and oxygen atoms in total. The topological polar surface area (TPSA) is 46.2 Å². The molecule has 0 saturated carbocycles. The number of rotatable bonds is 2. The number of carbonyl (C=O) groups is 2. The molecule has 0 radical (unpaired) electrons. The average Bonchev–Trinajstić information content (AvgIpc) is 2.21. The van der Waals surface area contributed by atoms with Gasteiger partial charge in [-0.05, 0) is 29.9 Å². The number of amides is 2. The molecule has 2 atom stereocenters. The van der Waals surface area contributed by atoms with E-state index in [9.17, 15) is 9.59 Å². The highest BCUT2D eigenvalue weighted by atomic mass is 32.2. The minimum Gasteiger partial charge on any atom is -0.296 e. The van der Waals surface area contributed by atoms with Gasteiger partial charge in [-0.25, -0.2) is 0 Å². The summed E-state index contributed by atoms with van der Waals surface area (Å²) in [5.74, 6) is 2.44. The summed E-state index contributed by atoms with van der Waals surface area (Å²) in [4.78, 5) is 24.1. The van der Waals surface area contributed by atoms with Crippen LogP contribution < -0.4 is 5.32 Å². The number of thioether (sulfide) groups is 1. The Kier molecular flexibility index (Phi) is 4.01. The van der Waals surface area contributed by atoms with Crippen LogP contribution in [0.4, 0.5) is 0 Å². The summed E-state index contributed by atoms with van der Waals surface area (Å²) in [6, 6.07) is 0. The molecule has 0 aromatic carbocycles. The molecule has 0 bridgehead atoms. The van der Waals surface area contributed by atoms with Gasteiger partial charge in [-0.1, -0.05) is 27.7 Å². The second-order valence-electron chi connectivity index (χ2n) is 7.47. The largest absolute Gasteiger partial charge is 0.296 e. The Balaban J connectivity index is 2.30. The summed E-state index contributed by atoms with van der Waals surface area (Å²) in [5.41, 5.74) is 0.103. The molecule has 2 heterocycles. The minimum absolute atomic E-state index is 0.00252. The fourth-order valence-corrected chi connectivity index (χ4v) is 5.31. The van der Waals surface area contributed by atoms with Crippen molar-refractivity contribution in [2.75, 3.05) is 11.5 Å². The molecule has 0 aromatic heterocycles. The van der Waals surface area contributed by atoms with Crippen LogP contribution in [0, 0.1) is 22.7 Å². The Hall–Kier alpha value is -0.510. The van der Waals surface area contributed by atoms with E-state index in [1.165, 1.54) is 0 Å². The second kappa shape index (κ2) is 5.12. The predicted molar refractivity (Wildman–Crippen MR) is 78.9 cm³/mol. The summed E-state index contributed by atoms with van der Waals surface area (Å²) in [7, 11) is 0. The lowest BCUT2D eigenvalue weighted by atomic mass is 9.61. The van der Waals surface area contributed by atoms with Crippen LogP contribution in [0.3, 0.4) is 0 Å². The van der Waals surface area contributed by atoms with E-state index in [0.29, 0.717) is 12.3 Å². The molecule has 4 heteroatoms. The quantitative estimate of drug-likeness (QED) is 0.793. The minimum atomic E-state index is -0.115. The summed E-state index contributed by atoms with van der Waals surface area (Å²) in [5, 5.41) is 2.55. The number of imide groups is 1. The smallest absolute Gasteiger partial charge is 0.230 e. The van der Waals surface area contributed by atoms with E-state index < -0.39 is 0 Å². The predicted octanol–water partition coefficient (Wildman–Crippen LogP) is 2.84. The Morgan fingerprint density at radius 3 is 2.58 bits per heavy atom. The molecule has 1 N–H and O–H groups in total. The maximum absolute atomic E-state index is 12.3. The molecular weight excluding hydrogens is 258 g/mol. The molecule has 0 aliphatic carbocycles. The van der Waals surface area contributed by atoms with E-state index in [0.717, 1.165) is 24.3 Å². The van der Waals surface area contributed by atoms with Gasteiger partial charge in [0.25, 0.3) is 0 Å². The van der Waals surface area contributed by atoms with Gasteiger partial charge in [-0.3, -0.25) is 14.9 Å². The molecule has 0 aromatic rings. The number of hydrogen-bond donors (Lipinski definition) is 1. The Labute approximate surface area is 120 Å². The molecule has 2 saturated heterocycles. The molecule has 2 rings (SSSR count). The van der Waals surface area contributed by atoms with Crippen molar-refractivity contribution in [3.05, 3.63) is 0 Å². The summed E-state index contributed by atoms with van der Waals surface area (Å²) in [6.07, 6.45) is 2.39. The SMILES string of the molecule is CC(C)CC1C(=O)NC(=O)CC12CSCC(C)(C)C2. The maximum Gasteiger partial charge on any atom is 0.230 e. The van der Waals surface area contributed by atoms with Crippen molar-refractivity contribution < 1.29 is 9.59 Å². The first-order valence-electron chi connectivity index (χ1n) is 7.16. The molecule has 2 aliphatic heterocycles. The first-order valence-corrected chi connectivity index (χ1v) is 8.31. The first kappa shape index (κ1) is 14.9. The van der Waals surface area contributed by atoms with Gasteiger partial charge in [0, 0.05) is 23.5 Å². The average molecular weight is 283 g/mol. The molecule has 2 fully saturated rings. The van der Waals surface area contributed by atoms with Crippen LogP contribution in [0.1, 0.15) is 47.0 Å². The van der Waals surface area contributed by atoms with E-state index in [4.69, 9.17) is 0 Å². The summed E-state index contributed by atoms with van der Waals surface area (Å²) in [6.45, 7) is 8.81. The van der Waals surface area contributed by atoms with Crippen molar-refractivity contribution in [1.29, 1.82) is 0 Å². The molecule has 2 amide bonds. The van der Waals surface area contributed by atoms with Crippen molar-refractivity contribution in [3.63, 3.8) is 0 Å². The van der Waals surface area contributed by atoms with Crippen LogP contribution >= 0.6 is 11.8 Å². The van der Waals surface area contributed by atoms with Crippen molar-refractivity contribution in [1.82, 2.24) is 5.32 Å². The van der Waals surface area contributed by atoms with Crippen molar-refractivity contribution >= 4 is 23.6 Å². The van der Waals surface area contributed by atoms with Crippen LogP contribution in [-0.2, 0) is 9.59 Å². The molecule has 2 aliphatic rings. The third kappa shape index (κ3) is 3.15. The highest BCUT2D eigenvalue weighted by Gasteiger charge is 2.52. The van der Waals surface area contributed by atoms with Gasteiger partial charge in [0.15, 0.2) is 0 Å². The lowest BCUT2D eigenvalue weighted by Crippen LogP contribution is -2.56. The number of hydrogen-bond acceptors (Lipinski definition) is 3. The monoisotopic (exact) mass is 283 g/mol. The Bertz CT molecular complexity index is 392. The third-order valence-corrected chi connectivity index (χ3v) is 6.02. The van der Waals surface area contributed by atoms with Gasteiger partial charge in [0.2, 0.25) is 11.8 Å². The van der Waals surface area contributed by atoms with Gasteiger partial charge < -0.3 is 0 Å². The standard InChI is InChI=1S/C15H25NO2S/c1-10(2)5-11-13(18)16-12(17)6-15(11)7-14(3,4)8-19-9-15/h10-11H,5-9H2,1-4H3,(H,16,17,18). The maximum atomic E-state index is 12.3. The van der Waals surface area contributed by atoms with Gasteiger partial charge >= 0.3 is 0 Å². The fraction of sp³-hybridized carbons (Fsp3) is 0.867. The van der Waals surface area contributed by atoms with Crippen LogP contribution in [0.15, 0.2) is 0 Å². The Morgan fingerprint density at radius 2 is 2.00 bits per heavy atom. The van der Waals surface area contributed by atoms with Crippen molar-refractivity contribution in [2.45, 2.75) is 47.0 Å². The van der Waals surface area contributed by atoms with Gasteiger partial charge in [-0.15, -0.1) is 0 Å². The first-order chi connectivity index (χ1) is 8.74. The zero-order valence-corrected chi connectivity index (χ0v) is 13.2. The molecule has 1 spiro atoms. The molecular formula is C15H25NO2S. The van der Waals surface area contributed by atoms with Gasteiger partial charge in [0.1, 0.15) is 0 Å². The van der Waals surface area contributed by atoms with Crippen molar-refractivity contribution in [2.24, 2.45) is 22.7 Å². The normalized spacial score (nSPS) is 34.7. The summed E-state index contributed by atoms with van der Waals surface area (Å²) < 4.78 is 0. The number of nitrogens with one attached hydrogen (secondary N) is 1. The molecule has 19 heavy (non-hydrogen) atoms. The van der Waals surface area contributed by atoms with E-state index in [1.807, 2.05) is 11.8 Å². The third-order valence-electron chi connectivity index (χ3n) is 4.25. The highest BCUT2D eigenvalue weighted by Crippen LogP contribution is 2.53. The van der Waals surface area contributed by atoms with Crippen LogP contribution in [-0.4, -0.2) is 23.3 Å². The lowest BCUT2D eigenvalue weighted by Gasteiger charge is -2.50. The number of piperidine rings is 1. The van der Waals surface area contributed by atoms with Crippen LogP contribution in [0.5, 0.6) is 0 Å². The summed E-state index contributed by atoms with van der Waals surface area (Å²) >= 11 is 1.91. The van der Waals surface area contributed by atoms with Gasteiger partial charge in [0.05, 0.1) is 0 Å².